The molecule has 0 saturated heterocycles. The Morgan fingerprint density at radius 2 is 1.46 bits per heavy atom. The Morgan fingerprint density at radius 3 is 1.88 bits per heavy atom. The van der Waals surface area contributed by atoms with Crippen molar-refractivity contribution in [3.05, 3.63) is 49.1 Å². The molecule has 0 aromatic carbocycles. The van der Waals surface area contributed by atoms with Crippen molar-refractivity contribution >= 4 is 11.9 Å². The van der Waals surface area contributed by atoms with Gasteiger partial charge in [0.25, 0.3) is 0 Å². The lowest BCUT2D eigenvalue weighted by Crippen LogP contribution is -2.41. The molecule has 4 heteroatoms. The van der Waals surface area contributed by atoms with Crippen molar-refractivity contribution in [1.82, 2.24) is 0 Å². The van der Waals surface area contributed by atoms with E-state index in [0.29, 0.717) is 5.92 Å². The van der Waals surface area contributed by atoms with Crippen LogP contribution in [0.15, 0.2) is 49.1 Å². The third-order valence-corrected chi connectivity index (χ3v) is 3.28. The van der Waals surface area contributed by atoms with Crippen LogP contribution in [-0.4, -0.2) is 25.2 Å². The summed E-state index contributed by atoms with van der Waals surface area (Å²) in [5.74, 6) is -0.686. The van der Waals surface area contributed by atoms with Crippen molar-refractivity contribution in [2.75, 3.05) is 13.2 Å². The van der Waals surface area contributed by atoms with Gasteiger partial charge < -0.3 is 9.47 Å². The van der Waals surface area contributed by atoms with Crippen LogP contribution in [0.1, 0.15) is 40.5 Å². The maximum atomic E-state index is 12.5. The predicted octanol–water partition coefficient (Wildman–Crippen LogP) is 4.39. The highest BCUT2D eigenvalue weighted by Gasteiger charge is 2.47. The Labute approximate surface area is 145 Å². The molecule has 24 heavy (non-hydrogen) atoms. The summed E-state index contributed by atoms with van der Waals surface area (Å²) in [5.41, 5.74) is -1.37. The van der Waals surface area contributed by atoms with Crippen molar-refractivity contribution in [1.29, 1.82) is 0 Å². The summed E-state index contributed by atoms with van der Waals surface area (Å²) in [7, 11) is 0. The van der Waals surface area contributed by atoms with Gasteiger partial charge in [-0.1, -0.05) is 63.0 Å². The maximum Gasteiger partial charge on any atom is 0.324 e. The highest BCUT2D eigenvalue weighted by atomic mass is 16.6. The molecule has 0 unspecified atom stereocenters. The van der Waals surface area contributed by atoms with Gasteiger partial charge in [0.2, 0.25) is 0 Å². The van der Waals surface area contributed by atoms with Gasteiger partial charge in [0.05, 0.1) is 13.2 Å². The third kappa shape index (κ3) is 7.44. The topological polar surface area (TPSA) is 52.6 Å². The summed E-state index contributed by atoms with van der Waals surface area (Å²) in [4.78, 5) is 25.0. The van der Waals surface area contributed by atoms with E-state index < -0.39 is 17.4 Å². The lowest BCUT2D eigenvalue weighted by atomic mass is 9.80. The third-order valence-electron chi connectivity index (χ3n) is 3.28. The minimum Gasteiger partial charge on any atom is -0.465 e. The number of esters is 2. The molecule has 4 nitrogen and oxygen atoms in total. The van der Waals surface area contributed by atoms with Crippen molar-refractivity contribution in [2.45, 2.75) is 40.5 Å². The molecule has 0 N–H and O–H groups in total. The quantitative estimate of drug-likeness (QED) is 0.319. The average Bonchev–Trinajstić information content (AvgIpc) is 2.53. The molecular formula is C20H30O4. The SMILES string of the molecule is C=C/C=C/CC(C/C=C/C=C/C(C)C)(C(=O)OCC)C(=O)OCC. The molecule has 0 atom stereocenters. The first kappa shape index (κ1) is 21.9. The van der Waals surface area contributed by atoms with Crippen LogP contribution in [0.25, 0.3) is 0 Å². The van der Waals surface area contributed by atoms with E-state index in [2.05, 4.69) is 20.4 Å². The van der Waals surface area contributed by atoms with E-state index in [1.165, 1.54) is 0 Å². The van der Waals surface area contributed by atoms with E-state index in [-0.39, 0.29) is 26.1 Å². The molecule has 0 aromatic heterocycles. The van der Waals surface area contributed by atoms with Gasteiger partial charge in [-0.15, -0.1) is 0 Å². The Morgan fingerprint density at radius 1 is 0.958 bits per heavy atom. The summed E-state index contributed by atoms with van der Waals surface area (Å²) < 4.78 is 10.3. The molecule has 0 spiro atoms. The number of carbonyl (C=O) groups is 2. The minimum absolute atomic E-state index is 0.203. The van der Waals surface area contributed by atoms with Gasteiger partial charge in [-0.05, 0) is 32.6 Å². The van der Waals surface area contributed by atoms with Crippen molar-refractivity contribution in [2.24, 2.45) is 11.3 Å². The molecule has 0 bridgehead atoms. The first-order valence-electron chi connectivity index (χ1n) is 8.39. The lowest BCUT2D eigenvalue weighted by Gasteiger charge is -2.27. The number of ether oxygens (including phenoxy) is 2. The van der Waals surface area contributed by atoms with Crippen LogP contribution >= 0.6 is 0 Å². The van der Waals surface area contributed by atoms with Crippen LogP contribution in [0.4, 0.5) is 0 Å². The second-order valence-electron chi connectivity index (χ2n) is 5.65. The predicted molar refractivity (Wildman–Crippen MR) is 97.4 cm³/mol. The fraction of sp³-hybridized carbons (Fsp3) is 0.500. The molecule has 0 amide bonds. The minimum atomic E-state index is -1.37. The highest BCUT2D eigenvalue weighted by Crippen LogP contribution is 2.32. The van der Waals surface area contributed by atoms with Crippen LogP contribution in [0.2, 0.25) is 0 Å². The molecule has 0 fully saturated rings. The molecular weight excluding hydrogens is 304 g/mol. The summed E-state index contributed by atoms with van der Waals surface area (Å²) in [6.45, 7) is 11.6. The van der Waals surface area contributed by atoms with E-state index in [1.54, 1.807) is 38.2 Å². The number of hydrogen-bond acceptors (Lipinski definition) is 4. The number of allylic oxidation sites excluding steroid dienone is 7. The molecule has 0 heterocycles. The van der Waals surface area contributed by atoms with Gasteiger partial charge in [0.1, 0.15) is 0 Å². The Balaban J connectivity index is 5.52. The van der Waals surface area contributed by atoms with Gasteiger partial charge in [-0.3, -0.25) is 9.59 Å². The van der Waals surface area contributed by atoms with Gasteiger partial charge in [-0.2, -0.15) is 0 Å². The standard InChI is InChI=1S/C20H30O4/c1-6-9-12-15-20(18(21)23-7-2,19(22)24-8-3)16-13-10-11-14-17(4)5/h6,9-14,17H,1,7-8,15-16H2,2-5H3/b12-9+,13-10+,14-11+. The van der Waals surface area contributed by atoms with Crippen molar-refractivity contribution < 1.29 is 19.1 Å². The van der Waals surface area contributed by atoms with Crippen LogP contribution in [0.5, 0.6) is 0 Å². The highest BCUT2D eigenvalue weighted by molar-refractivity contribution is 6.00. The molecule has 0 aliphatic rings. The summed E-state index contributed by atoms with van der Waals surface area (Å²) in [5, 5.41) is 0. The van der Waals surface area contributed by atoms with E-state index in [1.807, 2.05) is 18.2 Å². The van der Waals surface area contributed by atoms with Gasteiger partial charge in [0.15, 0.2) is 5.41 Å². The van der Waals surface area contributed by atoms with Gasteiger partial charge >= 0.3 is 11.9 Å². The summed E-state index contributed by atoms with van der Waals surface area (Å²) in [6, 6.07) is 0. The monoisotopic (exact) mass is 334 g/mol. The molecule has 0 aromatic rings. The van der Waals surface area contributed by atoms with E-state index in [9.17, 15) is 9.59 Å². The van der Waals surface area contributed by atoms with Crippen LogP contribution in [-0.2, 0) is 19.1 Å². The summed E-state index contributed by atoms with van der Waals surface area (Å²) >= 11 is 0. The van der Waals surface area contributed by atoms with Crippen LogP contribution in [0, 0.1) is 11.3 Å². The second kappa shape index (κ2) is 12.3. The molecule has 0 saturated carbocycles. The maximum absolute atomic E-state index is 12.5. The fourth-order valence-corrected chi connectivity index (χ4v) is 2.04. The zero-order chi connectivity index (χ0) is 18.4. The largest absolute Gasteiger partial charge is 0.465 e. The van der Waals surface area contributed by atoms with Gasteiger partial charge in [-0.25, -0.2) is 0 Å². The van der Waals surface area contributed by atoms with Crippen LogP contribution < -0.4 is 0 Å². The van der Waals surface area contributed by atoms with E-state index in [4.69, 9.17) is 9.47 Å². The van der Waals surface area contributed by atoms with Crippen LogP contribution in [0.3, 0.4) is 0 Å². The number of carbonyl (C=O) groups excluding carboxylic acids is 2. The molecule has 134 valence electrons. The lowest BCUT2D eigenvalue weighted by molar-refractivity contribution is -0.171. The Kier molecular flexibility index (Phi) is 11.3. The second-order valence-corrected chi connectivity index (χ2v) is 5.65. The smallest absolute Gasteiger partial charge is 0.324 e. The molecule has 0 radical (unpaired) electrons. The Bertz CT molecular complexity index is 466. The van der Waals surface area contributed by atoms with Gasteiger partial charge in [0, 0.05) is 0 Å². The number of hydrogen-bond donors (Lipinski definition) is 0. The molecule has 0 aliphatic carbocycles. The zero-order valence-corrected chi connectivity index (χ0v) is 15.3. The van der Waals surface area contributed by atoms with E-state index in [0.717, 1.165) is 0 Å². The van der Waals surface area contributed by atoms with Crippen molar-refractivity contribution in [3.63, 3.8) is 0 Å². The fourth-order valence-electron chi connectivity index (χ4n) is 2.04. The van der Waals surface area contributed by atoms with E-state index >= 15 is 0 Å². The Hall–Kier alpha value is -2.10. The number of rotatable bonds is 11. The van der Waals surface area contributed by atoms with Crippen molar-refractivity contribution in [3.8, 4) is 0 Å². The molecule has 0 rings (SSSR count). The zero-order valence-electron chi connectivity index (χ0n) is 15.3. The first-order valence-corrected chi connectivity index (χ1v) is 8.39. The molecule has 0 aliphatic heterocycles. The first-order chi connectivity index (χ1) is 11.4. The normalized spacial score (nSPS) is 12.4. The summed E-state index contributed by atoms with van der Waals surface area (Å²) in [6.07, 6.45) is 13.0. The average molecular weight is 334 g/mol.